The summed E-state index contributed by atoms with van der Waals surface area (Å²) in [5.74, 6) is -2.12. The number of amides is 1. The Morgan fingerprint density at radius 2 is 2.00 bits per heavy atom. The van der Waals surface area contributed by atoms with Crippen molar-refractivity contribution in [3.63, 3.8) is 0 Å². The number of azo groups is 1. The third-order valence-electron chi connectivity index (χ3n) is 3.50. The Labute approximate surface area is 109 Å². The van der Waals surface area contributed by atoms with Gasteiger partial charge < -0.3 is 21.3 Å². The summed E-state index contributed by atoms with van der Waals surface area (Å²) in [5, 5.41) is 27.9. The highest BCUT2D eigenvalue weighted by Crippen LogP contribution is 2.27. The molecule has 104 valence electrons. The average molecular weight is 268 g/mol. The second kappa shape index (κ2) is 4.96. The molecule has 1 aliphatic heterocycles. The van der Waals surface area contributed by atoms with Crippen molar-refractivity contribution in [2.24, 2.45) is 21.9 Å². The van der Waals surface area contributed by atoms with Gasteiger partial charge in [-0.15, -0.1) is 5.11 Å². The standard InChI is InChI=1S/C11H16N4O4/c12-8-5-13-15-11(8,10(18)19)14-9(17)6-1-3-7(16)4-2-6/h5-7,16H,1-4,12H2,(H,14,17)(H,18,19). The van der Waals surface area contributed by atoms with Crippen LogP contribution in [0.2, 0.25) is 0 Å². The van der Waals surface area contributed by atoms with Crippen LogP contribution in [0.4, 0.5) is 0 Å². The number of aliphatic hydroxyl groups excluding tert-OH is 1. The number of carboxylic acid groups (broad SMARTS) is 1. The molecule has 0 bridgehead atoms. The summed E-state index contributed by atoms with van der Waals surface area (Å²) in [6.07, 6.45) is 2.83. The molecule has 19 heavy (non-hydrogen) atoms. The molecule has 8 heteroatoms. The van der Waals surface area contributed by atoms with Gasteiger partial charge in [-0.1, -0.05) is 0 Å². The monoisotopic (exact) mass is 268 g/mol. The van der Waals surface area contributed by atoms with Gasteiger partial charge in [0.15, 0.2) is 0 Å². The molecule has 5 N–H and O–H groups in total. The van der Waals surface area contributed by atoms with E-state index in [0.29, 0.717) is 25.7 Å². The van der Waals surface area contributed by atoms with Crippen molar-refractivity contribution in [1.82, 2.24) is 5.32 Å². The molecule has 0 saturated heterocycles. The molecule has 1 amide bonds. The Morgan fingerprint density at radius 1 is 1.37 bits per heavy atom. The number of nitrogens with one attached hydrogen (secondary N) is 1. The SMILES string of the molecule is NC1=CN=NC1(NC(=O)C1CCC(O)CC1)C(=O)O. The van der Waals surface area contributed by atoms with E-state index in [9.17, 15) is 19.8 Å². The van der Waals surface area contributed by atoms with Crippen molar-refractivity contribution in [3.05, 3.63) is 11.9 Å². The van der Waals surface area contributed by atoms with Gasteiger partial charge in [0.2, 0.25) is 5.91 Å². The van der Waals surface area contributed by atoms with E-state index in [-0.39, 0.29) is 17.7 Å². The number of rotatable bonds is 3. The van der Waals surface area contributed by atoms with E-state index >= 15 is 0 Å². The highest BCUT2D eigenvalue weighted by molar-refractivity contribution is 5.90. The van der Waals surface area contributed by atoms with Crippen LogP contribution in [0.1, 0.15) is 25.7 Å². The maximum Gasteiger partial charge on any atom is 0.360 e. The number of aliphatic hydroxyl groups is 1. The minimum absolute atomic E-state index is 0.121. The molecule has 0 aromatic carbocycles. The molecule has 2 aliphatic rings. The fourth-order valence-electron chi connectivity index (χ4n) is 2.26. The summed E-state index contributed by atoms with van der Waals surface area (Å²) in [5.41, 5.74) is 3.45. The number of nitrogens with two attached hydrogens (primary N) is 1. The minimum atomic E-state index is -1.98. The van der Waals surface area contributed by atoms with Crippen LogP contribution in [0.3, 0.4) is 0 Å². The quantitative estimate of drug-likeness (QED) is 0.556. The molecule has 1 aliphatic carbocycles. The van der Waals surface area contributed by atoms with Gasteiger partial charge in [-0.25, -0.2) is 4.79 Å². The third-order valence-corrected chi connectivity index (χ3v) is 3.50. The first-order chi connectivity index (χ1) is 8.95. The van der Waals surface area contributed by atoms with Crippen LogP contribution in [-0.4, -0.2) is 33.9 Å². The molecule has 0 aromatic rings. The molecule has 8 nitrogen and oxygen atoms in total. The fraction of sp³-hybridized carbons (Fsp3) is 0.636. The minimum Gasteiger partial charge on any atom is -0.478 e. The van der Waals surface area contributed by atoms with Crippen molar-refractivity contribution in [3.8, 4) is 0 Å². The number of carbonyl (C=O) groups excluding carboxylic acids is 1. The molecule has 2 rings (SSSR count). The second-order valence-corrected chi connectivity index (χ2v) is 4.81. The molecule has 1 atom stereocenters. The van der Waals surface area contributed by atoms with Crippen LogP contribution in [-0.2, 0) is 9.59 Å². The van der Waals surface area contributed by atoms with Crippen LogP contribution in [0.25, 0.3) is 0 Å². The fourth-order valence-corrected chi connectivity index (χ4v) is 2.26. The van der Waals surface area contributed by atoms with E-state index in [0.717, 1.165) is 6.20 Å². The van der Waals surface area contributed by atoms with E-state index in [4.69, 9.17) is 5.73 Å². The molecule has 1 heterocycles. The number of carbonyl (C=O) groups is 2. The summed E-state index contributed by atoms with van der Waals surface area (Å²) in [6.45, 7) is 0. The van der Waals surface area contributed by atoms with Gasteiger partial charge in [0.25, 0.3) is 5.66 Å². The van der Waals surface area contributed by atoms with Crippen LogP contribution in [0.15, 0.2) is 22.1 Å². The van der Waals surface area contributed by atoms with Crippen molar-refractivity contribution in [2.75, 3.05) is 0 Å². The summed E-state index contributed by atoms with van der Waals surface area (Å²) in [6, 6.07) is 0. The lowest BCUT2D eigenvalue weighted by Crippen LogP contribution is -2.56. The lowest BCUT2D eigenvalue weighted by Gasteiger charge is -2.28. The van der Waals surface area contributed by atoms with Gasteiger partial charge in [0.05, 0.1) is 18.0 Å². The van der Waals surface area contributed by atoms with Crippen LogP contribution < -0.4 is 11.1 Å². The van der Waals surface area contributed by atoms with E-state index in [1.165, 1.54) is 0 Å². The maximum absolute atomic E-state index is 12.1. The third kappa shape index (κ3) is 2.43. The zero-order valence-electron chi connectivity index (χ0n) is 10.2. The van der Waals surface area contributed by atoms with Gasteiger partial charge in [0.1, 0.15) is 0 Å². The zero-order chi connectivity index (χ0) is 14.0. The molecule has 0 radical (unpaired) electrons. The van der Waals surface area contributed by atoms with Crippen LogP contribution in [0, 0.1) is 5.92 Å². The summed E-state index contributed by atoms with van der Waals surface area (Å²) < 4.78 is 0. The summed E-state index contributed by atoms with van der Waals surface area (Å²) in [7, 11) is 0. The maximum atomic E-state index is 12.1. The van der Waals surface area contributed by atoms with E-state index < -0.39 is 17.5 Å². The van der Waals surface area contributed by atoms with Crippen LogP contribution in [0.5, 0.6) is 0 Å². The Morgan fingerprint density at radius 3 is 2.47 bits per heavy atom. The van der Waals surface area contributed by atoms with Gasteiger partial charge in [-0.3, -0.25) is 4.79 Å². The average Bonchev–Trinajstić information content (AvgIpc) is 2.73. The number of carboxylic acids is 1. The molecular weight excluding hydrogens is 252 g/mol. The first kappa shape index (κ1) is 13.5. The number of aliphatic carboxylic acids is 1. The predicted octanol–water partition coefficient (Wildman–Crippen LogP) is -0.300. The zero-order valence-corrected chi connectivity index (χ0v) is 10.2. The van der Waals surface area contributed by atoms with Gasteiger partial charge in [-0.05, 0) is 25.7 Å². The second-order valence-electron chi connectivity index (χ2n) is 4.81. The van der Waals surface area contributed by atoms with E-state index in [2.05, 4.69) is 15.5 Å². The lowest BCUT2D eigenvalue weighted by atomic mass is 9.86. The first-order valence-corrected chi connectivity index (χ1v) is 6.07. The Hall–Kier alpha value is -1.96. The van der Waals surface area contributed by atoms with Crippen LogP contribution >= 0.6 is 0 Å². The molecule has 1 fully saturated rings. The first-order valence-electron chi connectivity index (χ1n) is 6.07. The smallest absolute Gasteiger partial charge is 0.360 e. The molecule has 1 saturated carbocycles. The van der Waals surface area contributed by atoms with Crippen molar-refractivity contribution < 1.29 is 19.8 Å². The Bertz CT molecular complexity index is 454. The van der Waals surface area contributed by atoms with Crippen molar-refractivity contribution in [1.29, 1.82) is 0 Å². The Balaban J connectivity index is 2.07. The molecule has 0 aromatic heterocycles. The van der Waals surface area contributed by atoms with Gasteiger partial charge in [0, 0.05) is 5.92 Å². The highest BCUT2D eigenvalue weighted by atomic mass is 16.4. The number of hydrogen-bond acceptors (Lipinski definition) is 6. The number of nitrogens with zero attached hydrogens (tertiary/aromatic N) is 2. The topological polar surface area (TPSA) is 137 Å². The van der Waals surface area contributed by atoms with Gasteiger partial charge >= 0.3 is 5.97 Å². The van der Waals surface area contributed by atoms with Gasteiger partial charge in [-0.2, -0.15) is 5.11 Å². The van der Waals surface area contributed by atoms with Crippen molar-refractivity contribution >= 4 is 11.9 Å². The molecular formula is C11H16N4O4. The lowest BCUT2D eigenvalue weighted by molar-refractivity contribution is -0.146. The van der Waals surface area contributed by atoms with Crippen molar-refractivity contribution in [2.45, 2.75) is 37.5 Å². The Kier molecular flexibility index (Phi) is 3.52. The molecule has 0 spiro atoms. The largest absolute Gasteiger partial charge is 0.478 e. The highest BCUT2D eigenvalue weighted by Gasteiger charge is 2.47. The summed E-state index contributed by atoms with van der Waals surface area (Å²) >= 11 is 0. The predicted molar refractivity (Wildman–Crippen MR) is 63.6 cm³/mol. The summed E-state index contributed by atoms with van der Waals surface area (Å²) in [4.78, 5) is 23.4. The molecule has 1 unspecified atom stereocenters. The normalized spacial score (nSPS) is 33.8. The van der Waals surface area contributed by atoms with E-state index in [1.54, 1.807) is 0 Å². The number of hydrogen-bond donors (Lipinski definition) is 4. The van der Waals surface area contributed by atoms with E-state index in [1.807, 2.05) is 0 Å².